The molecule has 1 amide bonds. The molecule has 0 saturated carbocycles. The minimum atomic E-state index is -1.04. The first-order valence-corrected chi connectivity index (χ1v) is 5.14. The Hall–Kier alpha value is -1.83. The van der Waals surface area contributed by atoms with Gasteiger partial charge in [0.15, 0.2) is 0 Å². The molecular weight excluding hydrogens is 204 g/mol. The molecule has 1 rings (SSSR count). The van der Waals surface area contributed by atoms with Gasteiger partial charge in [-0.15, -0.1) is 0 Å². The van der Waals surface area contributed by atoms with E-state index in [1.807, 2.05) is 19.9 Å². The minimum Gasteiger partial charge on any atom is -0.310 e. The van der Waals surface area contributed by atoms with E-state index in [4.69, 9.17) is 5.26 Å². The molecule has 0 unspecified atom stereocenters. The molecule has 0 bridgehead atoms. The number of amides is 1. The van der Waals surface area contributed by atoms with Gasteiger partial charge in [0.25, 0.3) is 0 Å². The predicted octanol–water partition coefficient (Wildman–Crippen LogP) is 1.95. The fourth-order valence-corrected chi connectivity index (χ4v) is 1.15. The van der Waals surface area contributed by atoms with E-state index < -0.39 is 5.41 Å². The smallest absolute Gasteiger partial charge is 0.245 e. The zero-order chi connectivity index (χ0) is 12.3. The van der Waals surface area contributed by atoms with Crippen molar-refractivity contribution in [2.45, 2.75) is 33.7 Å². The molecule has 0 aliphatic carbocycles. The van der Waals surface area contributed by atoms with Gasteiger partial charge in [-0.2, -0.15) is 10.4 Å². The van der Waals surface area contributed by atoms with Crippen LogP contribution in [0.25, 0.3) is 0 Å². The molecule has 5 nitrogen and oxygen atoms in total. The normalized spacial score (nSPS) is 11.2. The SMILES string of the molecule is CC(C)n1nccc1NC(=O)C(C)(C)C#N. The maximum Gasteiger partial charge on any atom is 0.245 e. The van der Waals surface area contributed by atoms with Crippen molar-refractivity contribution in [2.24, 2.45) is 5.41 Å². The van der Waals surface area contributed by atoms with Gasteiger partial charge in [-0.05, 0) is 27.7 Å². The highest BCUT2D eigenvalue weighted by Crippen LogP contribution is 2.19. The maximum absolute atomic E-state index is 11.8. The molecule has 16 heavy (non-hydrogen) atoms. The number of carbonyl (C=O) groups is 1. The molecule has 0 saturated heterocycles. The fraction of sp³-hybridized carbons (Fsp3) is 0.545. The Labute approximate surface area is 95.1 Å². The summed E-state index contributed by atoms with van der Waals surface area (Å²) in [6, 6.07) is 3.84. The largest absolute Gasteiger partial charge is 0.310 e. The molecule has 0 fully saturated rings. The topological polar surface area (TPSA) is 70.7 Å². The lowest BCUT2D eigenvalue weighted by molar-refractivity contribution is -0.121. The Kier molecular flexibility index (Phi) is 3.33. The van der Waals surface area contributed by atoms with Crippen molar-refractivity contribution in [3.63, 3.8) is 0 Å². The van der Waals surface area contributed by atoms with Gasteiger partial charge in [-0.25, -0.2) is 4.68 Å². The standard InChI is InChI=1S/C11H16N4O/c1-8(2)15-9(5-6-13-15)14-10(16)11(3,4)7-12/h5-6,8H,1-4H3,(H,14,16). The van der Waals surface area contributed by atoms with E-state index in [0.717, 1.165) is 0 Å². The lowest BCUT2D eigenvalue weighted by Crippen LogP contribution is -2.30. The van der Waals surface area contributed by atoms with Gasteiger partial charge >= 0.3 is 0 Å². The fourth-order valence-electron chi connectivity index (χ4n) is 1.15. The van der Waals surface area contributed by atoms with E-state index in [1.165, 1.54) is 0 Å². The van der Waals surface area contributed by atoms with Crippen LogP contribution in [0.3, 0.4) is 0 Å². The van der Waals surface area contributed by atoms with Crippen molar-refractivity contribution in [3.8, 4) is 6.07 Å². The van der Waals surface area contributed by atoms with Gasteiger partial charge in [0.2, 0.25) is 5.91 Å². The first kappa shape index (κ1) is 12.2. The van der Waals surface area contributed by atoms with Crippen molar-refractivity contribution in [1.82, 2.24) is 9.78 Å². The summed E-state index contributed by atoms with van der Waals surface area (Å²) in [4.78, 5) is 11.8. The summed E-state index contributed by atoms with van der Waals surface area (Å²) in [5.74, 6) is 0.292. The molecule has 0 spiro atoms. The van der Waals surface area contributed by atoms with Crippen molar-refractivity contribution >= 4 is 11.7 Å². The monoisotopic (exact) mass is 220 g/mol. The van der Waals surface area contributed by atoms with Crippen LogP contribution in [0, 0.1) is 16.7 Å². The Bertz CT molecular complexity index is 425. The van der Waals surface area contributed by atoms with Gasteiger partial charge in [-0.1, -0.05) is 0 Å². The van der Waals surface area contributed by atoms with E-state index >= 15 is 0 Å². The molecule has 0 atom stereocenters. The minimum absolute atomic E-state index is 0.162. The lowest BCUT2D eigenvalue weighted by Gasteiger charge is -2.17. The average molecular weight is 220 g/mol. The van der Waals surface area contributed by atoms with E-state index in [1.54, 1.807) is 30.8 Å². The highest BCUT2D eigenvalue weighted by atomic mass is 16.2. The predicted molar refractivity (Wildman–Crippen MR) is 60.6 cm³/mol. The van der Waals surface area contributed by atoms with E-state index in [9.17, 15) is 4.79 Å². The summed E-state index contributed by atoms with van der Waals surface area (Å²) in [5.41, 5.74) is -1.04. The molecule has 86 valence electrons. The summed E-state index contributed by atoms with van der Waals surface area (Å²) in [5, 5.41) is 15.6. The van der Waals surface area contributed by atoms with E-state index in [0.29, 0.717) is 5.82 Å². The number of nitrogens with one attached hydrogen (secondary N) is 1. The first-order chi connectivity index (χ1) is 7.38. The average Bonchev–Trinajstić information content (AvgIpc) is 2.65. The van der Waals surface area contributed by atoms with Crippen LogP contribution in [0.1, 0.15) is 33.7 Å². The molecule has 1 aromatic rings. The van der Waals surface area contributed by atoms with Crippen LogP contribution < -0.4 is 5.32 Å². The van der Waals surface area contributed by atoms with Crippen LogP contribution in [0.4, 0.5) is 5.82 Å². The summed E-state index contributed by atoms with van der Waals surface area (Å²) in [7, 11) is 0. The van der Waals surface area contributed by atoms with Gasteiger partial charge in [0.1, 0.15) is 11.2 Å². The van der Waals surface area contributed by atoms with Crippen LogP contribution in [0.2, 0.25) is 0 Å². The first-order valence-electron chi connectivity index (χ1n) is 5.14. The molecule has 5 heteroatoms. The summed E-state index contributed by atoms with van der Waals surface area (Å²) >= 11 is 0. The zero-order valence-corrected chi connectivity index (χ0v) is 9.98. The van der Waals surface area contributed by atoms with Crippen molar-refractivity contribution in [2.75, 3.05) is 5.32 Å². The molecule has 1 heterocycles. The second kappa shape index (κ2) is 4.35. The Morgan fingerprint density at radius 3 is 2.75 bits per heavy atom. The van der Waals surface area contributed by atoms with Crippen LogP contribution in [0.5, 0.6) is 0 Å². The van der Waals surface area contributed by atoms with Gasteiger partial charge < -0.3 is 5.32 Å². The number of aromatic nitrogens is 2. The molecule has 1 aromatic heterocycles. The third kappa shape index (κ3) is 2.40. The number of hydrogen-bond acceptors (Lipinski definition) is 3. The van der Waals surface area contributed by atoms with Crippen LogP contribution >= 0.6 is 0 Å². The Morgan fingerprint density at radius 1 is 1.62 bits per heavy atom. The Morgan fingerprint density at radius 2 is 2.25 bits per heavy atom. The van der Waals surface area contributed by atoms with Crippen molar-refractivity contribution < 1.29 is 4.79 Å². The maximum atomic E-state index is 11.8. The van der Waals surface area contributed by atoms with E-state index in [2.05, 4.69) is 10.4 Å². The van der Waals surface area contributed by atoms with Crippen LogP contribution in [-0.2, 0) is 4.79 Å². The van der Waals surface area contributed by atoms with Gasteiger partial charge in [0, 0.05) is 12.1 Å². The van der Waals surface area contributed by atoms with Crippen LogP contribution in [0.15, 0.2) is 12.3 Å². The third-order valence-corrected chi connectivity index (χ3v) is 2.25. The molecule has 0 aliphatic heterocycles. The van der Waals surface area contributed by atoms with Crippen LogP contribution in [-0.4, -0.2) is 15.7 Å². The second-order valence-corrected chi connectivity index (χ2v) is 4.45. The number of anilines is 1. The highest BCUT2D eigenvalue weighted by molar-refractivity contribution is 5.95. The lowest BCUT2D eigenvalue weighted by atomic mass is 9.95. The van der Waals surface area contributed by atoms with Crippen molar-refractivity contribution in [1.29, 1.82) is 5.26 Å². The zero-order valence-electron chi connectivity index (χ0n) is 9.98. The highest BCUT2D eigenvalue weighted by Gasteiger charge is 2.28. The second-order valence-electron chi connectivity index (χ2n) is 4.45. The molecule has 0 radical (unpaired) electrons. The number of rotatable bonds is 3. The molecule has 1 N–H and O–H groups in total. The quantitative estimate of drug-likeness (QED) is 0.846. The molecule has 0 aromatic carbocycles. The summed E-state index contributed by atoms with van der Waals surface area (Å²) in [6.45, 7) is 7.10. The summed E-state index contributed by atoms with van der Waals surface area (Å²) in [6.07, 6.45) is 1.62. The molecule has 0 aliphatic rings. The number of nitriles is 1. The Balaban J connectivity index is 2.87. The summed E-state index contributed by atoms with van der Waals surface area (Å²) < 4.78 is 1.70. The molecular formula is C11H16N4O. The number of hydrogen-bond donors (Lipinski definition) is 1. The van der Waals surface area contributed by atoms with Crippen molar-refractivity contribution in [3.05, 3.63) is 12.3 Å². The number of carbonyl (C=O) groups excluding carboxylic acids is 1. The third-order valence-electron chi connectivity index (χ3n) is 2.25. The number of nitrogens with zero attached hydrogens (tertiary/aromatic N) is 3. The van der Waals surface area contributed by atoms with E-state index in [-0.39, 0.29) is 11.9 Å². The van der Waals surface area contributed by atoms with Gasteiger partial charge in [-0.3, -0.25) is 4.79 Å². The van der Waals surface area contributed by atoms with Gasteiger partial charge in [0.05, 0.1) is 12.3 Å².